The van der Waals surface area contributed by atoms with Gasteiger partial charge in [-0.05, 0) is 43.3 Å². The zero-order valence-corrected chi connectivity index (χ0v) is 14.5. The van der Waals surface area contributed by atoms with Crippen LogP contribution in [0.5, 0.6) is 5.75 Å². The summed E-state index contributed by atoms with van der Waals surface area (Å²) in [6, 6.07) is 19.3. The molecule has 2 heterocycles. The Hall–Kier alpha value is -3.87. The number of nitrogens with one attached hydrogen (secondary N) is 1. The summed E-state index contributed by atoms with van der Waals surface area (Å²) in [6.07, 6.45) is 0. The lowest BCUT2D eigenvalue weighted by Crippen LogP contribution is -2.15. The number of benzene rings is 2. The molecular formula is C20H16N4O3. The van der Waals surface area contributed by atoms with E-state index in [0.717, 1.165) is 11.4 Å². The van der Waals surface area contributed by atoms with Gasteiger partial charge in [-0.15, -0.1) is 0 Å². The van der Waals surface area contributed by atoms with E-state index in [4.69, 9.17) is 4.52 Å². The topological polar surface area (TPSA) is 93.2 Å². The summed E-state index contributed by atoms with van der Waals surface area (Å²) in [5.41, 5.74) is 2.48. The van der Waals surface area contributed by atoms with Crippen molar-refractivity contribution in [2.75, 3.05) is 5.32 Å². The van der Waals surface area contributed by atoms with Gasteiger partial charge >= 0.3 is 0 Å². The highest BCUT2D eigenvalue weighted by molar-refractivity contribution is 6.03. The van der Waals surface area contributed by atoms with Gasteiger partial charge in [0.05, 0.1) is 11.4 Å². The van der Waals surface area contributed by atoms with Crippen molar-refractivity contribution in [2.45, 2.75) is 6.92 Å². The molecule has 134 valence electrons. The van der Waals surface area contributed by atoms with Gasteiger partial charge in [0, 0.05) is 17.7 Å². The molecule has 2 aromatic heterocycles. The van der Waals surface area contributed by atoms with E-state index in [-0.39, 0.29) is 11.4 Å². The lowest BCUT2D eigenvalue weighted by Gasteiger charge is -2.07. The number of hydrogen-bond donors (Lipinski definition) is 2. The molecule has 0 fully saturated rings. The number of phenols is 1. The SMILES string of the molecule is Cc1cc(NC(=O)c2cc(-c3ccc(O)cc3)on2)n(-c2ccccc2)n1. The highest BCUT2D eigenvalue weighted by Crippen LogP contribution is 2.23. The number of para-hydroxylation sites is 1. The Bertz CT molecular complexity index is 1080. The summed E-state index contributed by atoms with van der Waals surface area (Å²) in [5.74, 6) is 0.729. The fourth-order valence-electron chi connectivity index (χ4n) is 2.68. The van der Waals surface area contributed by atoms with Crippen LogP contribution in [-0.2, 0) is 0 Å². The molecule has 2 aromatic carbocycles. The van der Waals surface area contributed by atoms with E-state index in [1.807, 2.05) is 37.3 Å². The monoisotopic (exact) mass is 360 g/mol. The molecule has 0 spiro atoms. The maximum Gasteiger partial charge on any atom is 0.279 e. The first-order valence-corrected chi connectivity index (χ1v) is 8.30. The first kappa shape index (κ1) is 16.6. The minimum absolute atomic E-state index is 0.150. The fourth-order valence-corrected chi connectivity index (χ4v) is 2.68. The van der Waals surface area contributed by atoms with Crippen LogP contribution in [-0.4, -0.2) is 26.0 Å². The number of anilines is 1. The van der Waals surface area contributed by atoms with Crippen molar-refractivity contribution in [1.82, 2.24) is 14.9 Å². The van der Waals surface area contributed by atoms with Crippen molar-refractivity contribution >= 4 is 11.7 Å². The molecule has 0 radical (unpaired) electrons. The molecule has 0 aliphatic rings. The van der Waals surface area contributed by atoms with Gasteiger partial charge in [0.2, 0.25) is 0 Å². The second-order valence-electron chi connectivity index (χ2n) is 6.00. The highest BCUT2D eigenvalue weighted by atomic mass is 16.5. The molecule has 0 unspecified atom stereocenters. The number of hydrogen-bond acceptors (Lipinski definition) is 5. The number of aromatic hydroxyl groups is 1. The molecular weight excluding hydrogens is 344 g/mol. The van der Waals surface area contributed by atoms with Gasteiger partial charge in [0.25, 0.3) is 5.91 Å². The maximum absolute atomic E-state index is 12.6. The van der Waals surface area contributed by atoms with Gasteiger partial charge in [-0.25, -0.2) is 4.68 Å². The largest absolute Gasteiger partial charge is 0.508 e. The van der Waals surface area contributed by atoms with Crippen LogP contribution in [0.15, 0.2) is 71.3 Å². The van der Waals surface area contributed by atoms with Gasteiger partial charge < -0.3 is 14.9 Å². The Balaban J connectivity index is 1.58. The Morgan fingerprint density at radius 1 is 1.07 bits per heavy atom. The first-order valence-electron chi connectivity index (χ1n) is 8.30. The molecule has 0 saturated carbocycles. The number of aromatic nitrogens is 3. The summed E-state index contributed by atoms with van der Waals surface area (Å²) >= 11 is 0. The van der Waals surface area contributed by atoms with Crippen LogP contribution in [0.1, 0.15) is 16.2 Å². The Labute approximate surface area is 154 Å². The van der Waals surface area contributed by atoms with Crippen LogP contribution in [0.4, 0.5) is 5.82 Å². The van der Waals surface area contributed by atoms with Crippen LogP contribution in [0.2, 0.25) is 0 Å². The molecule has 0 aliphatic carbocycles. The molecule has 7 nitrogen and oxygen atoms in total. The number of rotatable bonds is 4. The number of amides is 1. The van der Waals surface area contributed by atoms with Crippen molar-refractivity contribution in [3.63, 3.8) is 0 Å². The van der Waals surface area contributed by atoms with E-state index in [1.54, 1.807) is 41.1 Å². The Morgan fingerprint density at radius 3 is 2.56 bits per heavy atom. The molecule has 0 atom stereocenters. The van der Waals surface area contributed by atoms with E-state index in [1.165, 1.54) is 0 Å². The van der Waals surface area contributed by atoms with Gasteiger partial charge in [-0.2, -0.15) is 5.10 Å². The average molecular weight is 360 g/mol. The van der Waals surface area contributed by atoms with Crippen LogP contribution < -0.4 is 5.32 Å². The number of aryl methyl sites for hydroxylation is 1. The Morgan fingerprint density at radius 2 is 1.81 bits per heavy atom. The highest BCUT2D eigenvalue weighted by Gasteiger charge is 2.17. The first-order chi connectivity index (χ1) is 13.1. The van der Waals surface area contributed by atoms with Gasteiger partial charge in [-0.1, -0.05) is 23.4 Å². The van der Waals surface area contributed by atoms with Crippen LogP contribution >= 0.6 is 0 Å². The van der Waals surface area contributed by atoms with Crippen LogP contribution in [0.3, 0.4) is 0 Å². The second kappa shape index (κ2) is 6.80. The molecule has 2 N–H and O–H groups in total. The third-order valence-corrected chi connectivity index (χ3v) is 3.97. The van der Waals surface area contributed by atoms with Gasteiger partial charge in [-0.3, -0.25) is 4.79 Å². The second-order valence-corrected chi connectivity index (χ2v) is 6.00. The smallest absolute Gasteiger partial charge is 0.279 e. The normalized spacial score (nSPS) is 10.7. The molecule has 0 bridgehead atoms. The molecule has 4 rings (SSSR count). The fraction of sp³-hybridized carbons (Fsp3) is 0.0500. The van der Waals surface area contributed by atoms with Crippen molar-refractivity contribution in [2.24, 2.45) is 0 Å². The van der Waals surface area contributed by atoms with E-state index < -0.39 is 5.91 Å². The molecule has 0 aliphatic heterocycles. The predicted molar refractivity (Wildman–Crippen MR) is 99.9 cm³/mol. The maximum atomic E-state index is 12.6. The number of phenolic OH excluding ortho intramolecular Hbond substituents is 1. The van der Waals surface area contributed by atoms with E-state index >= 15 is 0 Å². The lowest BCUT2D eigenvalue weighted by molar-refractivity contribution is 0.101. The minimum atomic E-state index is -0.402. The standard InChI is InChI=1S/C20H16N4O3/c1-13-11-19(24(22-13)15-5-3-2-4-6-15)21-20(26)17-12-18(27-23-17)14-7-9-16(25)10-8-14/h2-12,25H,1H3,(H,21,26). The van der Waals surface area contributed by atoms with E-state index in [2.05, 4.69) is 15.6 Å². The molecule has 27 heavy (non-hydrogen) atoms. The summed E-state index contributed by atoms with van der Waals surface area (Å²) in [5, 5.41) is 20.4. The van der Waals surface area contributed by atoms with E-state index in [9.17, 15) is 9.90 Å². The summed E-state index contributed by atoms with van der Waals surface area (Å²) in [4.78, 5) is 12.6. The third-order valence-electron chi connectivity index (χ3n) is 3.97. The lowest BCUT2D eigenvalue weighted by atomic mass is 10.1. The summed E-state index contributed by atoms with van der Waals surface area (Å²) in [6.45, 7) is 1.86. The summed E-state index contributed by atoms with van der Waals surface area (Å²) < 4.78 is 6.92. The van der Waals surface area contributed by atoms with Crippen molar-refractivity contribution in [3.05, 3.63) is 78.1 Å². The third kappa shape index (κ3) is 3.43. The molecule has 0 saturated heterocycles. The average Bonchev–Trinajstić information content (AvgIpc) is 3.30. The molecule has 7 heteroatoms. The van der Waals surface area contributed by atoms with Crippen LogP contribution in [0.25, 0.3) is 17.0 Å². The van der Waals surface area contributed by atoms with Gasteiger partial charge in [0.15, 0.2) is 11.5 Å². The Kier molecular flexibility index (Phi) is 4.18. The quantitative estimate of drug-likeness (QED) is 0.577. The molecule has 1 amide bonds. The molecule has 4 aromatic rings. The summed E-state index contributed by atoms with van der Waals surface area (Å²) in [7, 11) is 0. The van der Waals surface area contributed by atoms with Crippen molar-refractivity contribution < 1.29 is 14.4 Å². The minimum Gasteiger partial charge on any atom is -0.508 e. The number of nitrogens with zero attached hydrogens (tertiary/aromatic N) is 3. The van der Waals surface area contributed by atoms with Crippen molar-refractivity contribution in [3.8, 4) is 22.8 Å². The number of carbonyl (C=O) groups excluding carboxylic acids is 1. The van der Waals surface area contributed by atoms with Crippen LogP contribution in [0, 0.1) is 6.92 Å². The zero-order valence-electron chi connectivity index (χ0n) is 14.5. The number of carbonyl (C=O) groups is 1. The zero-order chi connectivity index (χ0) is 18.8. The van der Waals surface area contributed by atoms with Gasteiger partial charge in [0.1, 0.15) is 11.6 Å². The van der Waals surface area contributed by atoms with E-state index in [0.29, 0.717) is 17.1 Å². The predicted octanol–water partition coefficient (Wildman–Crippen LogP) is 3.79. The van der Waals surface area contributed by atoms with Crippen molar-refractivity contribution in [1.29, 1.82) is 0 Å².